The first kappa shape index (κ1) is 17.8. The number of para-hydroxylation sites is 1. The van der Waals surface area contributed by atoms with Crippen LogP contribution in [0.1, 0.15) is 10.4 Å². The summed E-state index contributed by atoms with van der Waals surface area (Å²) in [6.45, 7) is 1.09. The van der Waals surface area contributed by atoms with Crippen molar-refractivity contribution < 1.29 is 14.3 Å². The maximum atomic E-state index is 12.7. The molecule has 0 bridgehead atoms. The first-order valence-corrected chi connectivity index (χ1v) is 10.2. The monoisotopic (exact) mass is 406 g/mol. The number of aromatic nitrogens is 4. The van der Waals surface area contributed by atoms with Crippen LogP contribution in [-0.4, -0.2) is 44.5 Å². The van der Waals surface area contributed by atoms with Crippen LogP contribution >= 0.6 is 11.8 Å². The number of thioether (sulfide) groups is 1. The first-order chi connectivity index (χ1) is 14.2. The van der Waals surface area contributed by atoms with Gasteiger partial charge in [-0.15, -0.1) is 10.2 Å². The summed E-state index contributed by atoms with van der Waals surface area (Å²) in [6, 6.07) is 13.5. The fourth-order valence-corrected chi connectivity index (χ4v) is 4.18. The molecule has 0 unspecified atom stereocenters. The molecular formula is C21H18N4O3S. The Kier molecular flexibility index (Phi) is 4.48. The summed E-state index contributed by atoms with van der Waals surface area (Å²) in [4.78, 5) is 15.9. The van der Waals surface area contributed by atoms with Crippen molar-refractivity contribution >= 4 is 28.4 Å². The highest BCUT2D eigenvalue weighted by atomic mass is 32.2. The van der Waals surface area contributed by atoms with E-state index in [-0.39, 0.29) is 11.5 Å². The van der Waals surface area contributed by atoms with Gasteiger partial charge in [0, 0.05) is 35.3 Å². The minimum atomic E-state index is 0.0522. The molecule has 0 amide bonds. The van der Waals surface area contributed by atoms with E-state index in [0.717, 1.165) is 22.2 Å². The largest absolute Gasteiger partial charge is 0.486 e. The molecule has 0 saturated heterocycles. The Balaban J connectivity index is 1.34. The maximum absolute atomic E-state index is 12.7. The molecule has 1 aliphatic rings. The van der Waals surface area contributed by atoms with Crippen molar-refractivity contribution in [3.63, 3.8) is 0 Å². The molecule has 0 saturated carbocycles. The van der Waals surface area contributed by atoms with Gasteiger partial charge in [0.2, 0.25) is 0 Å². The van der Waals surface area contributed by atoms with Gasteiger partial charge in [-0.25, -0.2) is 0 Å². The Morgan fingerprint density at radius 3 is 2.86 bits per heavy atom. The predicted molar refractivity (Wildman–Crippen MR) is 111 cm³/mol. The van der Waals surface area contributed by atoms with Crippen LogP contribution in [0.25, 0.3) is 22.3 Å². The molecule has 4 aromatic rings. The summed E-state index contributed by atoms with van der Waals surface area (Å²) in [5.74, 6) is 2.50. The third-order valence-corrected chi connectivity index (χ3v) is 5.88. The number of carbonyl (C=O) groups is 1. The number of hydrogen-bond acceptors (Lipinski definition) is 6. The van der Waals surface area contributed by atoms with Gasteiger partial charge in [0.15, 0.2) is 28.3 Å². The van der Waals surface area contributed by atoms with Gasteiger partial charge >= 0.3 is 0 Å². The Hall–Kier alpha value is -3.26. The minimum absolute atomic E-state index is 0.0522. The number of nitrogens with one attached hydrogen (secondary N) is 1. The lowest BCUT2D eigenvalue weighted by Crippen LogP contribution is -2.15. The summed E-state index contributed by atoms with van der Waals surface area (Å²) in [6.07, 6.45) is 1.77. The van der Waals surface area contributed by atoms with Crippen LogP contribution in [0.4, 0.5) is 0 Å². The third-order valence-electron chi connectivity index (χ3n) is 4.86. The lowest BCUT2D eigenvalue weighted by molar-refractivity contribution is 0.102. The average molecular weight is 406 g/mol. The van der Waals surface area contributed by atoms with Crippen LogP contribution in [0.5, 0.6) is 11.5 Å². The number of fused-ring (bicyclic) bond motifs is 2. The molecular weight excluding hydrogens is 388 g/mol. The maximum Gasteiger partial charge on any atom is 0.191 e. The van der Waals surface area contributed by atoms with Gasteiger partial charge < -0.3 is 19.0 Å². The van der Waals surface area contributed by atoms with Gasteiger partial charge in [0.1, 0.15) is 13.2 Å². The van der Waals surface area contributed by atoms with E-state index < -0.39 is 0 Å². The highest BCUT2D eigenvalue weighted by Gasteiger charge is 2.18. The van der Waals surface area contributed by atoms with Crippen molar-refractivity contribution in [3.05, 3.63) is 54.2 Å². The van der Waals surface area contributed by atoms with Crippen LogP contribution < -0.4 is 9.47 Å². The molecule has 0 atom stereocenters. The second-order valence-electron chi connectivity index (χ2n) is 6.68. The standard InChI is InChI=1S/C21H18N4O3S/c1-25-20(13-6-7-18-19(10-13)28-9-8-27-18)23-24-21(25)29-12-17(26)15-11-22-16-5-3-2-4-14(15)16/h2-7,10-11,22H,8-9,12H2,1H3. The van der Waals surface area contributed by atoms with E-state index >= 15 is 0 Å². The van der Waals surface area contributed by atoms with E-state index in [9.17, 15) is 4.79 Å². The van der Waals surface area contributed by atoms with E-state index in [1.165, 1.54) is 11.8 Å². The molecule has 8 heteroatoms. The quantitative estimate of drug-likeness (QED) is 0.402. The zero-order chi connectivity index (χ0) is 19.8. The number of ether oxygens (including phenoxy) is 2. The second-order valence-corrected chi connectivity index (χ2v) is 7.63. The molecule has 29 heavy (non-hydrogen) atoms. The number of carbonyl (C=O) groups excluding carboxylic acids is 1. The third kappa shape index (κ3) is 3.25. The summed E-state index contributed by atoms with van der Waals surface area (Å²) >= 11 is 1.38. The number of hydrogen-bond donors (Lipinski definition) is 1. The fourth-order valence-electron chi connectivity index (χ4n) is 3.38. The molecule has 2 aromatic carbocycles. The molecule has 3 heterocycles. The van der Waals surface area contributed by atoms with Crippen molar-refractivity contribution in [3.8, 4) is 22.9 Å². The SMILES string of the molecule is Cn1c(SCC(=O)c2c[nH]c3ccccc23)nnc1-c1ccc2c(c1)OCCO2. The van der Waals surface area contributed by atoms with E-state index in [2.05, 4.69) is 15.2 Å². The number of benzene rings is 2. The first-order valence-electron chi connectivity index (χ1n) is 9.22. The van der Waals surface area contributed by atoms with E-state index in [1.807, 2.05) is 54.1 Å². The number of rotatable bonds is 5. The van der Waals surface area contributed by atoms with Crippen LogP contribution in [0.2, 0.25) is 0 Å². The Labute approximate surface area is 171 Å². The number of H-pyrrole nitrogens is 1. The van der Waals surface area contributed by atoms with Crippen molar-refractivity contribution in [2.45, 2.75) is 5.16 Å². The molecule has 1 aliphatic heterocycles. The normalized spacial score (nSPS) is 13.0. The molecule has 5 rings (SSSR count). The fraction of sp³-hybridized carbons (Fsp3) is 0.190. The van der Waals surface area contributed by atoms with Crippen molar-refractivity contribution in [1.29, 1.82) is 0 Å². The molecule has 1 N–H and O–H groups in total. The van der Waals surface area contributed by atoms with Crippen molar-refractivity contribution in [2.24, 2.45) is 7.05 Å². The van der Waals surface area contributed by atoms with Gasteiger partial charge in [-0.05, 0) is 24.3 Å². The van der Waals surface area contributed by atoms with E-state index in [1.54, 1.807) is 6.20 Å². The van der Waals surface area contributed by atoms with Gasteiger partial charge in [-0.2, -0.15) is 0 Å². The highest BCUT2D eigenvalue weighted by Crippen LogP contribution is 2.34. The van der Waals surface area contributed by atoms with Crippen LogP contribution in [0, 0.1) is 0 Å². The highest BCUT2D eigenvalue weighted by molar-refractivity contribution is 7.99. The van der Waals surface area contributed by atoms with Crippen molar-refractivity contribution in [2.75, 3.05) is 19.0 Å². The molecule has 0 aliphatic carbocycles. The van der Waals surface area contributed by atoms with E-state index in [4.69, 9.17) is 9.47 Å². The smallest absolute Gasteiger partial charge is 0.191 e. The van der Waals surface area contributed by atoms with Gasteiger partial charge in [0.05, 0.1) is 5.75 Å². The molecule has 2 aromatic heterocycles. The number of aromatic amines is 1. The van der Waals surface area contributed by atoms with Gasteiger partial charge in [-0.1, -0.05) is 30.0 Å². The topological polar surface area (TPSA) is 82.0 Å². The molecule has 146 valence electrons. The summed E-state index contributed by atoms with van der Waals surface area (Å²) in [5, 5.41) is 10.2. The van der Waals surface area contributed by atoms with Crippen LogP contribution in [-0.2, 0) is 7.05 Å². The Bertz CT molecular complexity index is 1210. The Morgan fingerprint density at radius 1 is 1.14 bits per heavy atom. The lowest BCUT2D eigenvalue weighted by atomic mass is 10.1. The zero-order valence-corrected chi connectivity index (χ0v) is 16.5. The minimum Gasteiger partial charge on any atom is -0.486 e. The molecule has 0 fully saturated rings. The summed E-state index contributed by atoms with van der Waals surface area (Å²) in [5.41, 5.74) is 2.54. The summed E-state index contributed by atoms with van der Waals surface area (Å²) < 4.78 is 13.1. The van der Waals surface area contributed by atoms with Gasteiger partial charge in [-0.3, -0.25) is 4.79 Å². The lowest BCUT2D eigenvalue weighted by Gasteiger charge is -2.18. The van der Waals surface area contributed by atoms with Crippen LogP contribution in [0.15, 0.2) is 53.8 Å². The molecule has 0 radical (unpaired) electrons. The number of Topliss-reactive ketones (excluding diaryl/α,β-unsaturated/α-hetero) is 1. The zero-order valence-electron chi connectivity index (χ0n) is 15.7. The van der Waals surface area contributed by atoms with E-state index in [0.29, 0.717) is 35.5 Å². The average Bonchev–Trinajstić information content (AvgIpc) is 3.35. The number of ketones is 1. The second kappa shape index (κ2) is 7.29. The Morgan fingerprint density at radius 2 is 1.97 bits per heavy atom. The van der Waals surface area contributed by atoms with Crippen LogP contribution in [0.3, 0.4) is 0 Å². The number of nitrogens with zero attached hydrogens (tertiary/aromatic N) is 3. The summed E-state index contributed by atoms with van der Waals surface area (Å²) in [7, 11) is 1.89. The van der Waals surface area contributed by atoms with Crippen molar-refractivity contribution in [1.82, 2.24) is 19.7 Å². The van der Waals surface area contributed by atoms with Gasteiger partial charge in [0.25, 0.3) is 0 Å². The predicted octanol–water partition coefficient (Wildman–Crippen LogP) is 3.71. The molecule has 7 nitrogen and oxygen atoms in total. The molecule has 0 spiro atoms.